The molecule has 1 heterocycles. The molecule has 3 nitrogen and oxygen atoms in total. The summed E-state index contributed by atoms with van der Waals surface area (Å²) in [6, 6.07) is 2.82. The minimum Gasteiger partial charge on any atom is -0.396 e. The maximum atomic E-state index is 14.3. The van der Waals surface area contributed by atoms with E-state index in [1.807, 2.05) is 0 Å². The SMILES string of the molecule is OCC[C@@H](c1c(Cl)ccc(Cl)c1F)N1CCNCC1. The maximum absolute atomic E-state index is 14.3. The first-order chi connectivity index (χ1) is 9.15. The van der Waals surface area contributed by atoms with E-state index in [4.69, 9.17) is 23.2 Å². The van der Waals surface area contributed by atoms with Crippen molar-refractivity contribution in [2.24, 2.45) is 0 Å². The molecular formula is C13H17Cl2FN2O. The van der Waals surface area contributed by atoms with E-state index in [1.165, 1.54) is 6.07 Å². The maximum Gasteiger partial charge on any atom is 0.148 e. The Morgan fingerprint density at radius 3 is 2.53 bits per heavy atom. The Labute approximate surface area is 122 Å². The van der Waals surface area contributed by atoms with Crippen LogP contribution in [0, 0.1) is 5.82 Å². The number of halogens is 3. The molecule has 1 saturated heterocycles. The molecule has 0 bridgehead atoms. The van der Waals surface area contributed by atoms with Crippen molar-refractivity contribution >= 4 is 23.2 Å². The van der Waals surface area contributed by atoms with Crippen molar-refractivity contribution in [3.8, 4) is 0 Å². The van der Waals surface area contributed by atoms with E-state index in [9.17, 15) is 9.50 Å². The third kappa shape index (κ3) is 3.38. The third-order valence-electron chi connectivity index (χ3n) is 3.41. The van der Waals surface area contributed by atoms with Crippen LogP contribution in [-0.2, 0) is 0 Å². The standard InChI is InChI=1S/C13H17Cl2FN2O/c14-9-1-2-10(15)13(16)12(9)11(3-8-19)18-6-4-17-5-7-18/h1-2,11,17,19H,3-8H2/t11-/m0/s1. The molecule has 0 unspecified atom stereocenters. The predicted octanol–water partition coefficient (Wildman–Crippen LogP) is 2.46. The van der Waals surface area contributed by atoms with Crippen molar-refractivity contribution < 1.29 is 9.50 Å². The highest BCUT2D eigenvalue weighted by atomic mass is 35.5. The van der Waals surface area contributed by atoms with Gasteiger partial charge < -0.3 is 10.4 Å². The zero-order chi connectivity index (χ0) is 13.8. The van der Waals surface area contributed by atoms with Gasteiger partial charge in [-0.1, -0.05) is 23.2 Å². The molecular weight excluding hydrogens is 290 g/mol. The lowest BCUT2D eigenvalue weighted by Crippen LogP contribution is -2.45. The van der Waals surface area contributed by atoms with Gasteiger partial charge in [-0.2, -0.15) is 0 Å². The average Bonchev–Trinajstić information content (AvgIpc) is 2.43. The second-order valence-corrected chi connectivity index (χ2v) is 5.39. The fraction of sp³-hybridized carbons (Fsp3) is 0.538. The van der Waals surface area contributed by atoms with Crippen molar-refractivity contribution in [2.45, 2.75) is 12.5 Å². The molecule has 19 heavy (non-hydrogen) atoms. The highest BCUT2D eigenvalue weighted by Crippen LogP contribution is 2.35. The Kier molecular flexibility index (Phi) is 5.42. The van der Waals surface area contributed by atoms with Crippen molar-refractivity contribution in [1.29, 1.82) is 0 Å². The summed E-state index contributed by atoms with van der Waals surface area (Å²) in [7, 11) is 0. The fourth-order valence-electron chi connectivity index (χ4n) is 2.47. The minimum absolute atomic E-state index is 0.0170. The minimum atomic E-state index is -0.480. The summed E-state index contributed by atoms with van der Waals surface area (Å²) in [5.41, 5.74) is 0.394. The van der Waals surface area contributed by atoms with Crippen molar-refractivity contribution in [1.82, 2.24) is 10.2 Å². The summed E-state index contributed by atoms with van der Waals surface area (Å²) >= 11 is 12.0. The Bertz CT molecular complexity index is 439. The first-order valence-electron chi connectivity index (χ1n) is 6.34. The molecule has 2 N–H and O–H groups in total. The van der Waals surface area contributed by atoms with Crippen molar-refractivity contribution in [3.63, 3.8) is 0 Å². The summed E-state index contributed by atoms with van der Waals surface area (Å²) < 4.78 is 14.3. The number of nitrogens with one attached hydrogen (secondary N) is 1. The molecule has 0 amide bonds. The second-order valence-electron chi connectivity index (χ2n) is 4.57. The lowest BCUT2D eigenvalue weighted by Gasteiger charge is -2.35. The van der Waals surface area contributed by atoms with E-state index in [-0.39, 0.29) is 17.7 Å². The molecule has 0 saturated carbocycles. The highest BCUT2D eigenvalue weighted by molar-refractivity contribution is 6.33. The van der Waals surface area contributed by atoms with Crippen LogP contribution in [0.4, 0.5) is 4.39 Å². The van der Waals surface area contributed by atoms with Crippen LogP contribution in [0.2, 0.25) is 10.0 Å². The van der Waals surface area contributed by atoms with E-state index in [0.717, 1.165) is 26.2 Å². The van der Waals surface area contributed by atoms with Gasteiger partial charge in [0.2, 0.25) is 0 Å². The summed E-state index contributed by atoms with van der Waals surface area (Å²) in [4.78, 5) is 2.13. The van der Waals surface area contributed by atoms with Crippen molar-refractivity contribution in [3.05, 3.63) is 33.6 Å². The Morgan fingerprint density at radius 2 is 1.89 bits per heavy atom. The number of hydrogen-bond donors (Lipinski definition) is 2. The summed E-state index contributed by atoms with van der Waals surface area (Å²) in [6.45, 7) is 3.28. The number of nitrogens with zero attached hydrogens (tertiary/aromatic N) is 1. The lowest BCUT2D eigenvalue weighted by atomic mass is 10.0. The topological polar surface area (TPSA) is 35.5 Å². The van der Waals surface area contributed by atoms with Crippen molar-refractivity contribution in [2.75, 3.05) is 32.8 Å². The van der Waals surface area contributed by atoms with Gasteiger partial charge in [-0.15, -0.1) is 0 Å². The van der Waals surface area contributed by atoms with Gasteiger partial charge >= 0.3 is 0 Å². The van der Waals surface area contributed by atoms with Gasteiger partial charge in [0.1, 0.15) is 5.82 Å². The van der Waals surface area contributed by atoms with Crippen LogP contribution in [0.25, 0.3) is 0 Å². The first kappa shape index (κ1) is 15.0. The molecule has 0 radical (unpaired) electrons. The van der Waals surface area contributed by atoms with Gasteiger partial charge in [-0.3, -0.25) is 4.90 Å². The molecule has 6 heteroatoms. The van der Waals surface area contributed by atoms with Gasteiger partial charge in [0.25, 0.3) is 0 Å². The normalized spacial score (nSPS) is 18.5. The molecule has 0 spiro atoms. The Hall–Kier alpha value is -0.390. The van der Waals surface area contributed by atoms with E-state index >= 15 is 0 Å². The molecule has 1 aromatic rings. The Morgan fingerprint density at radius 1 is 1.26 bits per heavy atom. The smallest absolute Gasteiger partial charge is 0.148 e. The van der Waals surface area contributed by atoms with E-state index in [1.54, 1.807) is 6.07 Å². The summed E-state index contributed by atoms with van der Waals surface area (Å²) in [5.74, 6) is -0.480. The van der Waals surface area contributed by atoms with Gasteiger partial charge in [0.15, 0.2) is 0 Å². The quantitative estimate of drug-likeness (QED) is 0.839. The molecule has 1 aliphatic rings. The van der Waals surface area contributed by atoms with Gasteiger partial charge in [0.05, 0.1) is 5.02 Å². The molecule has 1 atom stereocenters. The molecule has 1 aliphatic heterocycles. The second kappa shape index (κ2) is 6.86. The molecule has 106 valence electrons. The zero-order valence-electron chi connectivity index (χ0n) is 10.5. The number of benzene rings is 1. The van der Waals surface area contributed by atoms with Gasteiger partial charge in [0, 0.05) is 49.4 Å². The first-order valence-corrected chi connectivity index (χ1v) is 7.09. The number of piperazine rings is 1. The van der Waals surface area contributed by atoms with E-state index < -0.39 is 5.82 Å². The predicted molar refractivity (Wildman–Crippen MR) is 75.3 cm³/mol. The number of aliphatic hydroxyl groups is 1. The summed E-state index contributed by atoms with van der Waals surface area (Å²) in [5, 5.41) is 12.9. The zero-order valence-corrected chi connectivity index (χ0v) is 12.0. The molecule has 1 fully saturated rings. The van der Waals surface area contributed by atoms with Crippen LogP contribution in [-0.4, -0.2) is 42.8 Å². The number of hydrogen-bond acceptors (Lipinski definition) is 3. The van der Waals surface area contributed by atoms with E-state index in [2.05, 4.69) is 10.2 Å². The van der Waals surface area contributed by atoms with Crippen LogP contribution >= 0.6 is 23.2 Å². The monoisotopic (exact) mass is 306 g/mol. The van der Waals surface area contributed by atoms with Gasteiger partial charge in [-0.05, 0) is 18.6 Å². The molecule has 2 rings (SSSR count). The lowest BCUT2D eigenvalue weighted by molar-refractivity contribution is 0.138. The van der Waals surface area contributed by atoms with Crippen LogP contribution in [0.15, 0.2) is 12.1 Å². The van der Waals surface area contributed by atoms with Crippen LogP contribution in [0.1, 0.15) is 18.0 Å². The van der Waals surface area contributed by atoms with Gasteiger partial charge in [-0.25, -0.2) is 4.39 Å². The Balaban J connectivity index is 2.35. The number of aliphatic hydroxyl groups excluding tert-OH is 1. The van der Waals surface area contributed by atoms with Crippen LogP contribution in [0.5, 0.6) is 0 Å². The van der Waals surface area contributed by atoms with Crippen LogP contribution in [0.3, 0.4) is 0 Å². The van der Waals surface area contributed by atoms with E-state index in [0.29, 0.717) is 17.0 Å². The fourth-order valence-corrected chi connectivity index (χ4v) is 2.91. The molecule has 1 aromatic carbocycles. The van der Waals surface area contributed by atoms with Crippen LogP contribution < -0.4 is 5.32 Å². The third-order valence-corrected chi connectivity index (χ3v) is 4.03. The molecule has 0 aliphatic carbocycles. The average molecular weight is 307 g/mol. The largest absolute Gasteiger partial charge is 0.396 e. The molecule has 0 aromatic heterocycles. The summed E-state index contributed by atoms with van der Waals surface area (Å²) in [6.07, 6.45) is 0.441. The highest BCUT2D eigenvalue weighted by Gasteiger charge is 2.27. The number of rotatable bonds is 4.